The fraction of sp³-hybridized carbons (Fsp3) is 0.227. The van der Waals surface area contributed by atoms with Crippen molar-refractivity contribution in [2.24, 2.45) is 0 Å². The molecule has 4 rings (SSSR count). The number of amides is 1. The van der Waals surface area contributed by atoms with Gasteiger partial charge < -0.3 is 15.0 Å². The Labute approximate surface area is 164 Å². The Bertz CT molecular complexity index is 969. The second-order valence-corrected chi connectivity index (χ2v) is 6.73. The van der Waals surface area contributed by atoms with Crippen molar-refractivity contribution in [3.63, 3.8) is 0 Å². The van der Waals surface area contributed by atoms with Gasteiger partial charge in [-0.25, -0.2) is 9.97 Å². The van der Waals surface area contributed by atoms with Gasteiger partial charge in [-0.3, -0.25) is 4.79 Å². The number of hydrogen-bond donors (Lipinski definition) is 1. The molecule has 1 aromatic heterocycles. The molecule has 1 aliphatic rings. The van der Waals surface area contributed by atoms with Crippen LogP contribution in [0.4, 0.5) is 11.5 Å². The van der Waals surface area contributed by atoms with Crippen molar-refractivity contribution in [3.8, 4) is 11.4 Å². The van der Waals surface area contributed by atoms with Gasteiger partial charge in [0.05, 0.1) is 13.2 Å². The lowest BCUT2D eigenvalue weighted by molar-refractivity contribution is 0.0299. The van der Waals surface area contributed by atoms with Gasteiger partial charge in [-0.1, -0.05) is 42.5 Å². The number of carbonyl (C=O) groups is 1. The molecule has 2 heterocycles. The molecule has 6 nitrogen and oxygen atoms in total. The van der Waals surface area contributed by atoms with E-state index in [2.05, 4.69) is 15.3 Å². The lowest BCUT2D eigenvalue weighted by atomic mass is 10.2. The Morgan fingerprint density at radius 2 is 1.79 bits per heavy atom. The minimum absolute atomic E-state index is 0.102. The number of rotatable bonds is 4. The molecule has 28 heavy (non-hydrogen) atoms. The number of aromatic nitrogens is 2. The number of morpholine rings is 1. The number of aryl methyl sites for hydroxylation is 1. The Hall–Kier alpha value is -3.25. The SMILES string of the molecule is Cc1cccc(Nc2cc(C(=O)N3CCOCC3)nc(-c3ccccc3)n2)c1. The van der Waals surface area contributed by atoms with Crippen LogP contribution in [-0.2, 0) is 4.74 Å². The maximum absolute atomic E-state index is 13.0. The molecule has 0 atom stereocenters. The summed E-state index contributed by atoms with van der Waals surface area (Å²) >= 11 is 0. The summed E-state index contributed by atoms with van der Waals surface area (Å²) in [5, 5.41) is 3.31. The van der Waals surface area contributed by atoms with E-state index in [1.807, 2.05) is 61.5 Å². The minimum Gasteiger partial charge on any atom is -0.378 e. The average Bonchev–Trinajstić information content (AvgIpc) is 2.74. The van der Waals surface area contributed by atoms with Crippen molar-refractivity contribution in [2.75, 3.05) is 31.6 Å². The van der Waals surface area contributed by atoms with Crippen LogP contribution in [0.25, 0.3) is 11.4 Å². The van der Waals surface area contributed by atoms with Gasteiger partial charge in [0.2, 0.25) is 0 Å². The topological polar surface area (TPSA) is 67.4 Å². The molecule has 0 unspecified atom stereocenters. The number of nitrogens with one attached hydrogen (secondary N) is 1. The monoisotopic (exact) mass is 374 g/mol. The zero-order valence-corrected chi connectivity index (χ0v) is 15.8. The lowest BCUT2D eigenvalue weighted by Gasteiger charge is -2.26. The van der Waals surface area contributed by atoms with Crippen molar-refractivity contribution in [3.05, 3.63) is 71.9 Å². The van der Waals surface area contributed by atoms with Crippen LogP contribution in [-0.4, -0.2) is 47.1 Å². The summed E-state index contributed by atoms with van der Waals surface area (Å²) in [6.45, 7) is 4.29. The number of hydrogen-bond acceptors (Lipinski definition) is 5. The van der Waals surface area contributed by atoms with E-state index in [4.69, 9.17) is 4.74 Å². The summed E-state index contributed by atoms with van der Waals surface area (Å²) in [7, 11) is 0. The molecule has 0 saturated carbocycles. The van der Waals surface area contributed by atoms with E-state index in [0.29, 0.717) is 43.6 Å². The van der Waals surface area contributed by atoms with Crippen LogP contribution < -0.4 is 5.32 Å². The largest absolute Gasteiger partial charge is 0.378 e. The van der Waals surface area contributed by atoms with Gasteiger partial charge in [0.15, 0.2) is 5.82 Å². The van der Waals surface area contributed by atoms with Gasteiger partial charge in [0.25, 0.3) is 5.91 Å². The highest BCUT2D eigenvalue weighted by Crippen LogP contribution is 2.22. The van der Waals surface area contributed by atoms with Crippen molar-refractivity contribution in [1.29, 1.82) is 0 Å². The van der Waals surface area contributed by atoms with Gasteiger partial charge in [-0.15, -0.1) is 0 Å². The van der Waals surface area contributed by atoms with Gasteiger partial charge in [0, 0.05) is 30.4 Å². The van der Waals surface area contributed by atoms with Crippen LogP contribution >= 0.6 is 0 Å². The predicted molar refractivity (Wildman–Crippen MR) is 109 cm³/mol. The van der Waals surface area contributed by atoms with Crippen LogP contribution in [0, 0.1) is 6.92 Å². The van der Waals surface area contributed by atoms with Crippen LogP contribution in [0.15, 0.2) is 60.7 Å². The van der Waals surface area contributed by atoms with Gasteiger partial charge in [0.1, 0.15) is 11.5 Å². The van der Waals surface area contributed by atoms with E-state index >= 15 is 0 Å². The summed E-state index contributed by atoms with van der Waals surface area (Å²) in [6.07, 6.45) is 0. The minimum atomic E-state index is -0.102. The lowest BCUT2D eigenvalue weighted by Crippen LogP contribution is -2.41. The molecule has 0 aliphatic carbocycles. The highest BCUT2D eigenvalue weighted by molar-refractivity contribution is 5.93. The molecule has 0 bridgehead atoms. The van der Waals surface area contributed by atoms with Gasteiger partial charge >= 0.3 is 0 Å². The number of carbonyl (C=O) groups excluding carboxylic acids is 1. The summed E-state index contributed by atoms with van der Waals surface area (Å²) in [5.41, 5.74) is 3.31. The first-order chi connectivity index (χ1) is 13.7. The normalized spacial score (nSPS) is 14.0. The van der Waals surface area contributed by atoms with Crippen molar-refractivity contribution in [1.82, 2.24) is 14.9 Å². The Kier molecular flexibility index (Phi) is 5.30. The van der Waals surface area contributed by atoms with Gasteiger partial charge in [-0.05, 0) is 24.6 Å². The third-order valence-electron chi connectivity index (χ3n) is 4.57. The quantitative estimate of drug-likeness (QED) is 0.755. The van der Waals surface area contributed by atoms with E-state index in [9.17, 15) is 4.79 Å². The van der Waals surface area contributed by atoms with Crippen LogP contribution in [0.1, 0.15) is 16.1 Å². The molecule has 1 aliphatic heterocycles. The second-order valence-electron chi connectivity index (χ2n) is 6.73. The molecule has 1 amide bonds. The first-order valence-corrected chi connectivity index (χ1v) is 9.34. The maximum atomic E-state index is 13.0. The fourth-order valence-corrected chi connectivity index (χ4v) is 3.14. The van der Waals surface area contributed by atoms with Gasteiger partial charge in [-0.2, -0.15) is 0 Å². The molecule has 6 heteroatoms. The number of anilines is 2. The van der Waals surface area contributed by atoms with E-state index < -0.39 is 0 Å². The Morgan fingerprint density at radius 3 is 2.54 bits per heavy atom. The fourth-order valence-electron chi connectivity index (χ4n) is 3.14. The second kappa shape index (κ2) is 8.19. The molecular formula is C22H22N4O2. The first kappa shape index (κ1) is 18.1. The van der Waals surface area contributed by atoms with Crippen LogP contribution in [0.2, 0.25) is 0 Å². The highest BCUT2D eigenvalue weighted by Gasteiger charge is 2.21. The summed E-state index contributed by atoms with van der Waals surface area (Å²) in [5.74, 6) is 1.01. The molecule has 0 radical (unpaired) electrons. The zero-order chi connectivity index (χ0) is 19.3. The summed E-state index contributed by atoms with van der Waals surface area (Å²) < 4.78 is 5.35. The molecule has 3 aromatic rings. The van der Waals surface area contributed by atoms with Crippen LogP contribution in [0.3, 0.4) is 0 Å². The number of benzene rings is 2. The van der Waals surface area contributed by atoms with E-state index in [-0.39, 0.29) is 5.91 Å². The standard InChI is InChI=1S/C22H22N4O2/c1-16-6-5-9-18(14-16)23-20-15-19(22(27)26-10-12-28-13-11-26)24-21(25-20)17-7-3-2-4-8-17/h2-9,14-15H,10-13H2,1H3,(H,23,24,25). The Morgan fingerprint density at radius 1 is 1.00 bits per heavy atom. The molecule has 142 valence electrons. The molecule has 1 N–H and O–H groups in total. The molecule has 1 fully saturated rings. The van der Waals surface area contributed by atoms with Crippen LogP contribution in [0.5, 0.6) is 0 Å². The predicted octanol–water partition coefficient (Wildman–Crippen LogP) is 3.67. The molecule has 0 spiro atoms. The molecular weight excluding hydrogens is 352 g/mol. The van der Waals surface area contributed by atoms with Crippen molar-refractivity contribution >= 4 is 17.4 Å². The van der Waals surface area contributed by atoms with Crippen molar-refractivity contribution in [2.45, 2.75) is 6.92 Å². The summed E-state index contributed by atoms with van der Waals surface area (Å²) in [4.78, 5) is 24.0. The maximum Gasteiger partial charge on any atom is 0.272 e. The molecule has 1 saturated heterocycles. The van der Waals surface area contributed by atoms with Crippen molar-refractivity contribution < 1.29 is 9.53 Å². The zero-order valence-electron chi connectivity index (χ0n) is 15.8. The number of nitrogens with zero attached hydrogens (tertiary/aromatic N) is 3. The third kappa shape index (κ3) is 4.18. The Balaban J connectivity index is 1.71. The average molecular weight is 374 g/mol. The van der Waals surface area contributed by atoms with E-state index in [1.54, 1.807) is 11.0 Å². The first-order valence-electron chi connectivity index (χ1n) is 9.34. The highest BCUT2D eigenvalue weighted by atomic mass is 16.5. The van der Waals surface area contributed by atoms with E-state index in [0.717, 1.165) is 16.8 Å². The molecule has 2 aromatic carbocycles. The summed E-state index contributed by atoms with van der Waals surface area (Å²) in [6, 6.07) is 19.4. The third-order valence-corrected chi connectivity index (χ3v) is 4.57. The van der Waals surface area contributed by atoms with E-state index in [1.165, 1.54) is 0 Å². The smallest absolute Gasteiger partial charge is 0.272 e. The number of ether oxygens (including phenoxy) is 1.